The Morgan fingerprint density at radius 2 is 2.00 bits per heavy atom. The quantitative estimate of drug-likeness (QED) is 0.662. The smallest absolute Gasteiger partial charge is 0.293 e. The lowest BCUT2D eigenvalue weighted by Gasteiger charge is -2.18. The number of nitrogens with one attached hydrogen (secondary N) is 1. The molecule has 0 spiro atoms. The number of hydrogen-bond donors (Lipinski definition) is 1. The molecule has 3 rings (SSSR count). The highest BCUT2D eigenvalue weighted by Crippen LogP contribution is 2.31. The van der Waals surface area contributed by atoms with Gasteiger partial charge in [0.1, 0.15) is 17.2 Å². The Morgan fingerprint density at radius 3 is 2.60 bits per heavy atom. The van der Waals surface area contributed by atoms with E-state index in [1.165, 1.54) is 6.07 Å². The highest BCUT2D eigenvalue weighted by atomic mass is 16.6. The van der Waals surface area contributed by atoms with Gasteiger partial charge in [0.25, 0.3) is 11.6 Å². The van der Waals surface area contributed by atoms with Gasteiger partial charge in [0.2, 0.25) is 0 Å². The van der Waals surface area contributed by atoms with Gasteiger partial charge in [-0.05, 0) is 51.0 Å². The average Bonchev–Trinajstić information content (AvgIpc) is 3.25. The predicted octanol–water partition coefficient (Wildman–Crippen LogP) is 3.59. The van der Waals surface area contributed by atoms with Crippen LogP contribution < -0.4 is 10.2 Å². The number of hydrogen-bond acceptors (Lipinski definition) is 5. The van der Waals surface area contributed by atoms with E-state index in [4.69, 9.17) is 4.42 Å². The molecule has 7 heteroatoms. The van der Waals surface area contributed by atoms with E-state index in [9.17, 15) is 14.9 Å². The molecule has 1 aliphatic heterocycles. The second-order valence-corrected chi connectivity index (χ2v) is 6.30. The van der Waals surface area contributed by atoms with Gasteiger partial charge >= 0.3 is 0 Å². The summed E-state index contributed by atoms with van der Waals surface area (Å²) in [6, 6.07) is 7.96. The molecule has 25 heavy (non-hydrogen) atoms. The van der Waals surface area contributed by atoms with E-state index >= 15 is 0 Å². The van der Waals surface area contributed by atoms with Crippen molar-refractivity contribution < 1.29 is 14.1 Å². The number of rotatable bonds is 5. The molecule has 1 atom stereocenters. The molecule has 1 saturated heterocycles. The van der Waals surface area contributed by atoms with Crippen molar-refractivity contribution in [1.82, 2.24) is 5.32 Å². The molecule has 1 N–H and O–H groups in total. The summed E-state index contributed by atoms with van der Waals surface area (Å²) in [6.07, 6.45) is 2.05. The number of nitro benzene ring substituents is 1. The third kappa shape index (κ3) is 3.65. The minimum atomic E-state index is -0.427. The first-order valence-corrected chi connectivity index (χ1v) is 8.36. The summed E-state index contributed by atoms with van der Waals surface area (Å²) in [7, 11) is 0. The lowest BCUT2D eigenvalue weighted by molar-refractivity contribution is -0.384. The molecule has 0 bridgehead atoms. The van der Waals surface area contributed by atoms with Crippen LogP contribution in [0.25, 0.3) is 0 Å². The lowest BCUT2D eigenvalue weighted by Crippen LogP contribution is -2.26. The van der Waals surface area contributed by atoms with Crippen LogP contribution in [0.5, 0.6) is 0 Å². The zero-order chi connectivity index (χ0) is 18.0. The largest absolute Gasteiger partial charge is 0.464 e. The third-order valence-electron chi connectivity index (χ3n) is 4.42. The Balaban J connectivity index is 1.80. The molecule has 1 aromatic carbocycles. The van der Waals surface area contributed by atoms with Gasteiger partial charge in [0, 0.05) is 24.7 Å². The van der Waals surface area contributed by atoms with E-state index in [1.54, 1.807) is 18.2 Å². The van der Waals surface area contributed by atoms with Crippen LogP contribution in [0.15, 0.2) is 34.7 Å². The van der Waals surface area contributed by atoms with E-state index in [0.29, 0.717) is 11.4 Å². The molecule has 1 unspecified atom stereocenters. The average molecular weight is 343 g/mol. The van der Waals surface area contributed by atoms with Crippen molar-refractivity contribution in [2.45, 2.75) is 32.7 Å². The number of anilines is 1. The third-order valence-corrected chi connectivity index (χ3v) is 4.42. The Bertz CT molecular complexity index is 793. The van der Waals surface area contributed by atoms with Crippen molar-refractivity contribution in [3.63, 3.8) is 0 Å². The molecule has 1 amide bonds. The summed E-state index contributed by atoms with van der Waals surface area (Å²) in [4.78, 5) is 25.5. The summed E-state index contributed by atoms with van der Waals surface area (Å²) in [5.41, 5.74) is 0.814. The predicted molar refractivity (Wildman–Crippen MR) is 93.9 cm³/mol. The number of benzene rings is 1. The van der Waals surface area contributed by atoms with Gasteiger partial charge in [-0.1, -0.05) is 0 Å². The van der Waals surface area contributed by atoms with Gasteiger partial charge in [-0.3, -0.25) is 14.9 Å². The summed E-state index contributed by atoms with van der Waals surface area (Å²) in [5, 5.41) is 14.2. The minimum absolute atomic E-state index is 0.0314. The van der Waals surface area contributed by atoms with Gasteiger partial charge < -0.3 is 14.6 Å². The first-order chi connectivity index (χ1) is 12.0. The number of furan rings is 1. The Labute approximate surface area is 145 Å². The van der Waals surface area contributed by atoms with Crippen LogP contribution in [-0.4, -0.2) is 23.9 Å². The van der Waals surface area contributed by atoms with Gasteiger partial charge in [0.15, 0.2) is 0 Å². The highest BCUT2D eigenvalue weighted by Gasteiger charge is 2.24. The number of amides is 1. The second kappa shape index (κ2) is 6.96. The number of carbonyl (C=O) groups excluding carboxylic acids is 1. The molecule has 2 heterocycles. The molecule has 132 valence electrons. The summed E-state index contributed by atoms with van der Waals surface area (Å²) >= 11 is 0. The molecular weight excluding hydrogens is 322 g/mol. The van der Waals surface area contributed by atoms with Gasteiger partial charge in [-0.2, -0.15) is 0 Å². The Kier molecular flexibility index (Phi) is 4.74. The highest BCUT2D eigenvalue weighted by molar-refractivity contribution is 5.96. The van der Waals surface area contributed by atoms with E-state index in [2.05, 4.69) is 5.32 Å². The van der Waals surface area contributed by atoms with Gasteiger partial charge in [-0.15, -0.1) is 0 Å². The first kappa shape index (κ1) is 17.0. The maximum absolute atomic E-state index is 12.5. The van der Waals surface area contributed by atoms with E-state index in [-0.39, 0.29) is 23.2 Å². The summed E-state index contributed by atoms with van der Waals surface area (Å²) in [6.45, 7) is 5.25. The fraction of sp³-hybridized carbons (Fsp3) is 0.389. The van der Waals surface area contributed by atoms with Crippen molar-refractivity contribution in [1.29, 1.82) is 0 Å². The molecule has 7 nitrogen and oxygen atoms in total. The molecule has 2 aromatic rings. The number of nitrogens with zero attached hydrogens (tertiary/aromatic N) is 2. The molecule has 1 aromatic heterocycles. The SMILES string of the molecule is Cc1ccc(C(C)NC(=O)c2ccc(N3CCCC3)c([N+](=O)[O-])c2)o1. The molecule has 0 saturated carbocycles. The van der Waals surface area contributed by atoms with Gasteiger partial charge in [-0.25, -0.2) is 0 Å². The molecule has 0 aliphatic carbocycles. The zero-order valence-electron chi connectivity index (χ0n) is 14.3. The number of nitro groups is 1. The molecular formula is C18H21N3O4. The van der Waals surface area contributed by atoms with Crippen LogP contribution >= 0.6 is 0 Å². The maximum atomic E-state index is 12.5. The van der Waals surface area contributed by atoms with Crippen LogP contribution in [0.1, 0.15) is 47.7 Å². The Morgan fingerprint density at radius 1 is 1.28 bits per heavy atom. The van der Waals surface area contributed by atoms with Crippen LogP contribution in [0.2, 0.25) is 0 Å². The summed E-state index contributed by atoms with van der Waals surface area (Å²) < 4.78 is 5.50. The van der Waals surface area contributed by atoms with Crippen molar-refractivity contribution >= 4 is 17.3 Å². The van der Waals surface area contributed by atoms with Gasteiger partial charge in [0.05, 0.1) is 11.0 Å². The second-order valence-electron chi connectivity index (χ2n) is 6.30. The molecule has 0 radical (unpaired) electrons. The van der Waals surface area contributed by atoms with Crippen LogP contribution in [0, 0.1) is 17.0 Å². The lowest BCUT2D eigenvalue weighted by atomic mass is 10.1. The zero-order valence-corrected chi connectivity index (χ0v) is 14.3. The maximum Gasteiger partial charge on any atom is 0.293 e. The van der Waals surface area contributed by atoms with Crippen molar-refractivity contribution in [3.8, 4) is 0 Å². The topological polar surface area (TPSA) is 88.6 Å². The molecule has 1 fully saturated rings. The van der Waals surface area contributed by atoms with E-state index < -0.39 is 4.92 Å². The van der Waals surface area contributed by atoms with Crippen LogP contribution in [-0.2, 0) is 0 Å². The van der Waals surface area contributed by atoms with Crippen LogP contribution in [0.4, 0.5) is 11.4 Å². The standard InChI is InChI=1S/C18H21N3O4/c1-12-5-8-17(25-12)13(2)19-18(22)14-6-7-15(16(11-14)21(23)24)20-9-3-4-10-20/h5-8,11,13H,3-4,9-10H2,1-2H3,(H,19,22). The fourth-order valence-electron chi connectivity index (χ4n) is 3.07. The van der Waals surface area contributed by atoms with Crippen LogP contribution in [0.3, 0.4) is 0 Å². The summed E-state index contributed by atoms with van der Waals surface area (Å²) in [5.74, 6) is 1.05. The Hall–Kier alpha value is -2.83. The van der Waals surface area contributed by atoms with Crippen molar-refractivity contribution in [2.24, 2.45) is 0 Å². The number of aryl methyl sites for hydroxylation is 1. The van der Waals surface area contributed by atoms with E-state index in [0.717, 1.165) is 31.7 Å². The normalized spacial score (nSPS) is 15.2. The number of carbonyl (C=O) groups is 1. The molecule has 1 aliphatic rings. The fourth-order valence-corrected chi connectivity index (χ4v) is 3.07. The minimum Gasteiger partial charge on any atom is -0.464 e. The first-order valence-electron chi connectivity index (χ1n) is 8.36. The van der Waals surface area contributed by atoms with Crippen molar-refractivity contribution in [3.05, 3.63) is 57.5 Å². The monoisotopic (exact) mass is 343 g/mol. The van der Waals surface area contributed by atoms with E-state index in [1.807, 2.05) is 24.8 Å². The van der Waals surface area contributed by atoms with Crippen molar-refractivity contribution in [2.75, 3.05) is 18.0 Å².